The van der Waals surface area contributed by atoms with Crippen molar-refractivity contribution in [3.63, 3.8) is 0 Å². The van der Waals surface area contributed by atoms with Gasteiger partial charge in [0.2, 0.25) is 10.0 Å². The maximum atomic E-state index is 11.4. The molecule has 1 N–H and O–H groups in total. The number of ether oxygens (including phenoxy) is 1. The lowest BCUT2D eigenvalue weighted by atomic mass is 10.2. The van der Waals surface area contributed by atoms with Crippen LogP contribution in [0.4, 0.5) is 5.69 Å². The van der Waals surface area contributed by atoms with E-state index < -0.39 is 10.0 Å². The Hall–Kier alpha value is -0.820. The Bertz CT molecular complexity index is 496. The van der Waals surface area contributed by atoms with Crippen LogP contribution in [0.25, 0.3) is 0 Å². The molecule has 108 valence electrons. The van der Waals surface area contributed by atoms with Crippen LogP contribution in [0.5, 0.6) is 5.75 Å². The molecule has 1 aliphatic heterocycles. The number of quaternary nitrogens is 1. The molecule has 0 spiro atoms. The van der Waals surface area contributed by atoms with E-state index in [9.17, 15) is 8.42 Å². The molecule has 0 atom stereocenters. The van der Waals surface area contributed by atoms with Crippen molar-refractivity contribution in [1.82, 2.24) is 4.31 Å². The van der Waals surface area contributed by atoms with Crippen LogP contribution in [-0.2, 0) is 10.0 Å². The Labute approximate surface area is 120 Å². The highest BCUT2D eigenvalue weighted by molar-refractivity contribution is 7.88. The summed E-state index contributed by atoms with van der Waals surface area (Å²) in [5.74, 6) is 0.841. The summed E-state index contributed by atoms with van der Waals surface area (Å²) in [5, 5.41) is 0. The van der Waals surface area contributed by atoms with Crippen molar-refractivity contribution >= 4 is 15.7 Å². The van der Waals surface area contributed by atoms with E-state index in [1.54, 1.807) is 11.4 Å². The van der Waals surface area contributed by atoms with Crippen LogP contribution >= 0.6 is 0 Å². The van der Waals surface area contributed by atoms with Crippen molar-refractivity contribution < 1.29 is 30.5 Å². The summed E-state index contributed by atoms with van der Waals surface area (Å²) in [4.78, 5) is 1.32. The van der Waals surface area contributed by atoms with Gasteiger partial charge in [-0.25, -0.2) is 8.42 Å². The highest BCUT2D eigenvalue weighted by atomic mass is 35.5. The normalized spacial score (nSPS) is 17.8. The second-order valence-electron chi connectivity index (χ2n) is 4.49. The second kappa shape index (κ2) is 6.56. The van der Waals surface area contributed by atoms with Crippen LogP contribution in [0.1, 0.15) is 0 Å². The summed E-state index contributed by atoms with van der Waals surface area (Å²) in [6.07, 6.45) is 1.27. The lowest BCUT2D eigenvalue weighted by Gasteiger charge is -2.30. The number of methoxy groups -OCH3 is 1. The van der Waals surface area contributed by atoms with Gasteiger partial charge in [0.25, 0.3) is 0 Å². The molecule has 0 aliphatic carbocycles. The molecule has 1 heterocycles. The highest BCUT2D eigenvalue weighted by Crippen LogP contribution is 2.12. The Morgan fingerprint density at radius 1 is 1.16 bits per heavy atom. The summed E-state index contributed by atoms with van der Waals surface area (Å²) in [5.41, 5.74) is 1.18. The molecule has 1 aromatic carbocycles. The number of benzene rings is 1. The fourth-order valence-electron chi connectivity index (χ4n) is 2.20. The van der Waals surface area contributed by atoms with Crippen LogP contribution in [0.15, 0.2) is 24.3 Å². The number of piperazine rings is 1. The van der Waals surface area contributed by atoms with Gasteiger partial charge in [0.1, 0.15) is 11.4 Å². The molecule has 1 fully saturated rings. The second-order valence-corrected chi connectivity index (χ2v) is 6.48. The van der Waals surface area contributed by atoms with Crippen LogP contribution in [0.3, 0.4) is 0 Å². The molecule has 0 saturated carbocycles. The van der Waals surface area contributed by atoms with Gasteiger partial charge in [-0.15, -0.1) is 0 Å². The highest BCUT2D eigenvalue weighted by Gasteiger charge is 2.26. The van der Waals surface area contributed by atoms with Crippen LogP contribution in [-0.4, -0.2) is 52.3 Å². The molecule has 2 rings (SSSR count). The van der Waals surface area contributed by atoms with Gasteiger partial charge < -0.3 is 22.0 Å². The molecule has 7 heteroatoms. The molecule has 0 amide bonds. The zero-order valence-electron chi connectivity index (χ0n) is 11.1. The van der Waals surface area contributed by atoms with E-state index in [2.05, 4.69) is 0 Å². The third kappa shape index (κ3) is 4.07. The number of sulfonamides is 1. The van der Waals surface area contributed by atoms with E-state index in [0.29, 0.717) is 13.1 Å². The van der Waals surface area contributed by atoms with Gasteiger partial charge in [-0.3, -0.25) is 0 Å². The minimum absolute atomic E-state index is 0. The predicted octanol–water partition coefficient (Wildman–Crippen LogP) is -3.51. The number of hydrogen-bond acceptors (Lipinski definition) is 3. The molecule has 0 unspecified atom stereocenters. The van der Waals surface area contributed by atoms with E-state index in [-0.39, 0.29) is 12.4 Å². The molecule has 5 nitrogen and oxygen atoms in total. The summed E-state index contributed by atoms with van der Waals surface area (Å²) < 4.78 is 29.5. The summed E-state index contributed by atoms with van der Waals surface area (Å²) in [6.45, 7) is 2.78. The molecule has 1 saturated heterocycles. The number of hydrogen-bond donors (Lipinski definition) is 1. The van der Waals surface area contributed by atoms with Gasteiger partial charge >= 0.3 is 0 Å². The fourth-order valence-corrected chi connectivity index (χ4v) is 3.05. The number of nitrogens with zero attached hydrogens (tertiary/aromatic N) is 1. The standard InChI is InChI=1S/C12H18N2O3S.ClH/c1-17-12-5-3-11(4-6-12)13-7-9-14(10-8-13)18(2,15)16;/h3-6H,7-10H2,1-2H3;1H. The molecule has 1 aromatic rings. The third-order valence-corrected chi connectivity index (χ3v) is 4.60. The van der Waals surface area contributed by atoms with E-state index in [4.69, 9.17) is 4.74 Å². The molecular weight excluding hydrogens is 288 g/mol. The van der Waals surface area contributed by atoms with Gasteiger partial charge in [-0.2, -0.15) is 4.31 Å². The van der Waals surface area contributed by atoms with E-state index in [1.807, 2.05) is 24.3 Å². The SMILES string of the molecule is COc1ccc([NH+]2CCN(S(C)(=O)=O)CC2)cc1.[Cl-]. The first-order valence-electron chi connectivity index (χ1n) is 5.95. The van der Waals surface area contributed by atoms with Gasteiger partial charge in [0.15, 0.2) is 0 Å². The molecule has 0 bridgehead atoms. The van der Waals surface area contributed by atoms with Crippen molar-refractivity contribution in [1.29, 1.82) is 0 Å². The van der Waals surface area contributed by atoms with Crippen molar-refractivity contribution in [3.8, 4) is 5.75 Å². The Balaban J connectivity index is 0.00000180. The van der Waals surface area contributed by atoms with Gasteiger partial charge in [-0.05, 0) is 12.1 Å². The Kier molecular flexibility index (Phi) is 5.61. The fraction of sp³-hybridized carbons (Fsp3) is 0.500. The first-order valence-corrected chi connectivity index (χ1v) is 7.80. The largest absolute Gasteiger partial charge is 1.00 e. The zero-order chi connectivity index (χ0) is 13.2. The number of rotatable bonds is 3. The lowest BCUT2D eigenvalue weighted by Crippen LogP contribution is -3.10. The first-order chi connectivity index (χ1) is 8.50. The maximum Gasteiger partial charge on any atom is 0.211 e. The summed E-state index contributed by atoms with van der Waals surface area (Å²) in [7, 11) is -1.40. The van der Waals surface area contributed by atoms with Crippen molar-refractivity contribution in [2.45, 2.75) is 0 Å². The third-order valence-electron chi connectivity index (χ3n) is 3.29. The topological polar surface area (TPSA) is 51.1 Å². The quantitative estimate of drug-likeness (QED) is 0.630. The summed E-state index contributed by atoms with van der Waals surface area (Å²) >= 11 is 0. The van der Waals surface area contributed by atoms with Crippen molar-refractivity contribution in [3.05, 3.63) is 24.3 Å². The molecule has 0 aromatic heterocycles. The maximum absolute atomic E-state index is 11.4. The average Bonchev–Trinajstić information content (AvgIpc) is 2.38. The minimum atomic E-state index is -3.04. The molecule has 19 heavy (non-hydrogen) atoms. The predicted molar refractivity (Wildman–Crippen MR) is 69.8 cm³/mol. The summed E-state index contributed by atoms with van der Waals surface area (Å²) in [6, 6.07) is 7.94. The Morgan fingerprint density at radius 2 is 1.68 bits per heavy atom. The molecule has 1 aliphatic rings. The zero-order valence-corrected chi connectivity index (χ0v) is 12.7. The van der Waals surface area contributed by atoms with Crippen molar-refractivity contribution in [2.24, 2.45) is 0 Å². The van der Waals surface area contributed by atoms with Gasteiger partial charge in [0, 0.05) is 12.1 Å². The van der Waals surface area contributed by atoms with Gasteiger partial charge in [-0.1, -0.05) is 0 Å². The van der Waals surface area contributed by atoms with E-state index in [0.717, 1.165) is 18.8 Å². The van der Waals surface area contributed by atoms with Crippen molar-refractivity contribution in [2.75, 3.05) is 39.5 Å². The molecular formula is C12H19ClN2O3S. The smallest absolute Gasteiger partial charge is 0.211 e. The van der Waals surface area contributed by atoms with E-state index >= 15 is 0 Å². The Morgan fingerprint density at radius 3 is 2.11 bits per heavy atom. The van der Waals surface area contributed by atoms with Gasteiger partial charge in [0.05, 0.1) is 39.5 Å². The number of halogens is 1. The monoisotopic (exact) mass is 306 g/mol. The first kappa shape index (κ1) is 16.2. The van der Waals surface area contributed by atoms with Crippen LogP contribution in [0, 0.1) is 0 Å². The molecule has 0 radical (unpaired) electrons. The van der Waals surface area contributed by atoms with Crippen LogP contribution in [0.2, 0.25) is 0 Å². The minimum Gasteiger partial charge on any atom is -1.00 e. The van der Waals surface area contributed by atoms with Crippen LogP contribution < -0.4 is 22.0 Å². The number of nitrogens with one attached hydrogen (secondary N) is 1. The van der Waals surface area contributed by atoms with E-state index in [1.165, 1.54) is 16.8 Å². The lowest BCUT2D eigenvalue weighted by molar-refractivity contribution is -0.837. The average molecular weight is 307 g/mol.